The monoisotopic (exact) mass is 398 g/mol. The Labute approximate surface area is 165 Å². The predicted octanol–water partition coefficient (Wildman–Crippen LogP) is 3.19. The zero-order valence-corrected chi connectivity index (χ0v) is 16.1. The number of aromatic amines is 1. The molecule has 1 aliphatic heterocycles. The molecule has 0 bridgehead atoms. The Hall–Kier alpha value is -2.71. The van der Waals surface area contributed by atoms with Gasteiger partial charge in [-0.25, -0.2) is 0 Å². The van der Waals surface area contributed by atoms with Gasteiger partial charge in [0.25, 0.3) is 11.8 Å². The maximum Gasteiger partial charge on any atom is 0.272 e. The number of para-hydroxylation sites is 1. The second-order valence-corrected chi connectivity index (χ2v) is 7.55. The van der Waals surface area contributed by atoms with Gasteiger partial charge in [-0.05, 0) is 35.8 Å². The summed E-state index contributed by atoms with van der Waals surface area (Å²) in [6, 6.07) is 13.3. The first-order chi connectivity index (χ1) is 13.1. The molecule has 1 aliphatic rings. The normalized spacial score (nSPS) is 14.4. The SMILES string of the molecule is O=C(c1cccs1)N1CCN(C(=O)c2c[nH]c(=S)n2-c2ccccc2)CC1. The summed E-state index contributed by atoms with van der Waals surface area (Å²) in [5.74, 6) is -0.0552. The number of aromatic nitrogens is 2. The molecule has 6 nitrogen and oxygen atoms in total. The molecular weight excluding hydrogens is 380 g/mol. The first-order valence-corrected chi connectivity index (χ1v) is 9.92. The highest BCUT2D eigenvalue weighted by Crippen LogP contribution is 2.17. The maximum absolute atomic E-state index is 13.0. The number of nitrogens with zero attached hydrogens (tertiary/aromatic N) is 3. The highest BCUT2D eigenvalue weighted by Gasteiger charge is 2.27. The van der Waals surface area contributed by atoms with Crippen LogP contribution in [0.4, 0.5) is 0 Å². The summed E-state index contributed by atoms with van der Waals surface area (Å²) in [5.41, 5.74) is 1.35. The molecule has 0 radical (unpaired) electrons. The molecule has 3 aromatic rings. The van der Waals surface area contributed by atoms with Gasteiger partial charge in [-0.3, -0.25) is 14.2 Å². The molecule has 0 unspecified atom stereocenters. The van der Waals surface area contributed by atoms with Crippen molar-refractivity contribution in [3.8, 4) is 5.69 Å². The van der Waals surface area contributed by atoms with Gasteiger partial charge in [0.1, 0.15) is 5.69 Å². The summed E-state index contributed by atoms with van der Waals surface area (Å²) < 4.78 is 2.23. The molecule has 8 heteroatoms. The fourth-order valence-electron chi connectivity index (χ4n) is 3.19. The molecule has 0 aliphatic carbocycles. The average Bonchev–Trinajstić information content (AvgIpc) is 3.37. The van der Waals surface area contributed by atoms with Crippen LogP contribution in [0.5, 0.6) is 0 Å². The molecule has 138 valence electrons. The van der Waals surface area contributed by atoms with Gasteiger partial charge in [0, 0.05) is 38.1 Å². The molecule has 1 N–H and O–H groups in total. The van der Waals surface area contributed by atoms with Crippen LogP contribution in [0.3, 0.4) is 0 Å². The third kappa shape index (κ3) is 3.45. The van der Waals surface area contributed by atoms with Crippen LogP contribution in [-0.2, 0) is 0 Å². The van der Waals surface area contributed by atoms with E-state index in [1.54, 1.807) is 20.6 Å². The Balaban J connectivity index is 1.49. The maximum atomic E-state index is 13.0. The largest absolute Gasteiger partial charge is 0.336 e. The van der Waals surface area contributed by atoms with Crippen LogP contribution in [0, 0.1) is 4.77 Å². The second-order valence-electron chi connectivity index (χ2n) is 6.21. The first kappa shape index (κ1) is 17.7. The third-order valence-electron chi connectivity index (χ3n) is 4.60. The van der Waals surface area contributed by atoms with E-state index in [0.717, 1.165) is 10.6 Å². The molecule has 2 amide bonds. The van der Waals surface area contributed by atoms with Crippen molar-refractivity contribution in [1.82, 2.24) is 19.4 Å². The summed E-state index contributed by atoms with van der Waals surface area (Å²) in [7, 11) is 0. The first-order valence-electron chi connectivity index (χ1n) is 8.63. The van der Waals surface area contributed by atoms with Gasteiger partial charge in [-0.1, -0.05) is 24.3 Å². The Kier molecular flexibility index (Phi) is 4.91. The lowest BCUT2D eigenvalue weighted by Crippen LogP contribution is -2.50. The van der Waals surface area contributed by atoms with E-state index >= 15 is 0 Å². The van der Waals surface area contributed by atoms with Crippen molar-refractivity contribution in [2.24, 2.45) is 0 Å². The Morgan fingerprint density at radius 1 is 0.926 bits per heavy atom. The van der Waals surface area contributed by atoms with Crippen molar-refractivity contribution in [3.63, 3.8) is 0 Å². The van der Waals surface area contributed by atoms with Gasteiger partial charge < -0.3 is 14.8 Å². The van der Waals surface area contributed by atoms with Crippen LogP contribution in [-0.4, -0.2) is 57.3 Å². The van der Waals surface area contributed by atoms with Crippen LogP contribution >= 0.6 is 23.6 Å². The fraction of sp³-hybridized carbons (Fsp3) is 0.211. The van der Waals surface area contributed by atoms with Crippen molar-refractivity contribution < 1.29 is 9.59 Å². The van der Waals surface area contributed by atoms with Crippen molar-refractivity contribution in [2.45, 2.75) is 0 Å². The lowest BCUT2D eigenvalue weighted by atomic mass is 10.2. The van der Waals surface area contributed by atoms with E-state index in [-0.39, 0.29) is 11.8 Å². The summed E-state index contributed by atoms with van der Waals surface area (Å²) in [4.78, 5) is 32.8. The van der Waals surface area contributed by atoms with Gasteiger partial charge in [0.05, 0.1) is 4.88 Å². The number of carbonyl (C=O) groups excluding carboxylic acids is 2. The third-order valence-corrected chi connectivity index (χ3v) is 5.75. The number of piperazine rings is 1. The van der Waals surface area contributed by atoms with Crippen molar-refractivity contribution in [3.05, 3.63) is 69.4 Å². The molecule has 27 heavy (non-hydrogen) atoms. The zero-order chi connectivity index (χ0) is 18.8. The van der Waals surface area contributed by atoms with Gasteiger partial charge >= 0.3 is 0 Å². The van der Waals surface area contributed by atoms with Crippen LogP contribution in [0.1, 0.15) is 20.2 Å². The van der Waals surface area contributed by atoms with Crippen molar-refractivity contribution in [1.29, 1.82) is 0 Å². The summed E-state index contributed by atoms with van der Waals surface area (Å²) in [6.07, 6.45) is 1.65. The Morgan fingerprint density at radius 3 is 2.22 bits per heavy atom. The van der Waals surface area contributed by atoms with E-state index in [1.165, 1.54) is 11.3 Å². The van der Waals surface area contributed by atoms with Gasteiger partial charge in [-0.15, -0.1) is 11.3 Å². The number of hydrogen-bond acceptors (Lipinski definition) is 4. The number of H-pyrrole nitrogens is 1. The fourth-order valence-corrected chi connectivity index (χ4v) is 4.14. The molecular formula is C19H18N4O2S2. The summed E-state index contributed by atoms with van der Waals surface area (Å²) >= 11 is 6.80. The Bertz CT molecular complexity index is 1000. The van der Waals surface area contributed by atoms with Crippen LogP contribution < -0.4 is 0 Å². The van der Waals surface area contributed by atoms with E-state index in [0.29, 0.717) is 36.6 Å². The molecule has 0 spiro atoms. The minimum absolute atomic E-state index is 0.0333. The smallest absolute Gasteiger partial charge is 0.272 e. The van der Waals surface area contributed by atoms with E-state index in [9.17, 15) is 9.59 Å². The number of nitrogens with one attached hydrogen (secondary N) is 1. The van der Waals surface area contributed by atoms with E-state index in [2.05, 4.69) is 4.98 Å². The summed E-state index contributed by atoms with van der Waals surface area (Å²) in [5, 5.41) is 1.90. The number of thiophene rings is 1. The molecule has 1 saturated heterocycles. The quantitative estimate of drug-likeness (QED) is 0.689. The van der Waals surface area contributed by atoms with E-state index in [4.69, 9.17) is 12.2 Å². The average molecular weight is 399 g/mol. The van der Waals surface area contributed by atoms with Gasteiger partial charge in [0.2, 0.25) is 0 Å². The molecule has 0 atom stereocenters. The van der Waals surface area contributed by atoms with Crippen LogP contribution in [0.25, 0.3) is 5.69 Å². The molecule has 1 fully saturated rings. The van der Waals surface area contributed by atoms with E-state index < -0.39 is 0 Å². The topological polar surface area (TPSA) is 61.3 Å². The minimum atomic E-state index is -0.0885. The number of rotatable bonds is 3. The second kappa shape index (κ2) is 7.50. The molecule has 0 saturated carbocycles. The van der Waals surface area contributed by atoms with E-state index in [1.807, 2.05) is 47.8 Å². The number of benzene rings is 1. The van der Waals surface area contributed by atoms with Gasteiger partial charge in [0.15, 0.2) is 4.77 Å². The molecule has 3 heterocycles. The Morgan fingerprint density at radius 2 is 1.59 bits per heavy atom. The number of carbonyl (C=O) groups is 2. The number of hydrogen-bond donors (Lipinski definition) is 1. The summed E-state index contributed by atoms with van der Waals surface area (Å²) in [6.45, 7) is 2.06. The lowest BCUT2D eigenvalue weighted by molar-refractivity contribution is 0.0533. The number of imidazole rings is 1. The predicted molar refractivity (Wildman–Crippen MR) is 107 cm³/mol. The van der Waals surface area contributed by atoms with Gasteiger partial charge in [-0.2, -0.15) is 0 Å². The highest BCUT2D eigenvalue weighted by molar-refractivity contribution is 7.71. The standard InChI is InChI=1S/C19H18N4O2S2/c24-17(15-13-20-19(26)23(15)14-5-2-1-3-6-14)21-8-10-22(11-9-21)18(25)16-7-4-12-27-16/h1-7,12-13H,8-11H2,(H,20,26). The van der Waals surface area contributed by atoms with Crippen LogP contribution in [0.15, 0.2) is 54.0 Å². The van der Waals surface area contributed by atoms with Crippen LogP contribution in [0.2, 0.25) is 0 Å². The van der Waals surface area contributed by atoms with Crippen molar-refractivity contribution in [2.75, 3.05) is 26.2 Å². The van der Waals surface area contributed by atoms with Crippen molar-refractivity contribution >= 4 is 35.4 Å². The number of amides is 2. The minimum Gasteiger partial charge on any atom is -0.336 e. The highest BCUT2D eigenvalue weighted by atomic mass is 32.1. The molecule has 1 aromatic carbocycles. The lowest BCUT2D eigenvalue weighted by Gasteiger charge is -2.34. The zero-order valence-electron chi connectivity index (χ0n) is 14.5. The molecule has 2 aromatic heterocycles. The molecule has 4 rings (SSSR count).